The smallest absolute Gasteiger partial charge is 0.162 e. The van der Waals surface area contributed by atoms with Crippen LogP contribution in [0.2, 0.25) is 0 Å². The van der Waals surface area contributed by atoms with Crippen molar-refractivity contribution in [3.8, 4) is 28.5 Å². The highest BCUT2D eigenvalue weighted by molar-refractivity contribution is 7.26. The van der Waals surface area contributed by atoms with Crippen LogP contribution in [-0.4, -0.2) is 14.5 Å². The first kappa shape index (κ1) is 23.4. The van der Waals surface area contributed by atoms with Gasteiger partial charge in [0.25, 0.3) is 0 Å². The van der Waals surface area contributed by atoms with Crippen LogP contribution in [0.25, 0.3) is 81.2 Å². The monoisotopic (exact) mass is 553 g/mol. The molecule has 3 nitrogen and oxygen atoms in total. The largest absolute Gasteiger partial charge is 0.294 e. The Balaban J connectivity index is 1.41. The van der Waals surface area contributed by atoms with Crippen molar-refractivity contribution in [2.24, 2.45) is 0 Å². The number of hydrogen-bond acceptors (Lipinski definition) is 3. The van der Waals surface area contributed by atoms with Gasteiger partial charge in [-0.25, -0.2) is 9.97 Å². The Labute approximate surface area is 246 Å². The molecule has 0 aliphatic heterocycles. The number of para-hydroxylation sites is 1. The van der Waals surface area contributed by atoms with E-state index in [0.717, 1.165) is 33.7 Å². The third-order valence-corrected chi connectivity index (χ3v) is 9.33. The molecule has 0 atom stereocenters. The summed E-state index contributed by atoms with van der Waals surface area (Å²) >= 11 is 1.86. The molecule has 0 fully saturated rings. The highest BCUT2D eigenvalue weighted by atomic mass is 32.1. The summed E-state index contributed by atoms with van der Waals surface area (Å²) in [6.45, 7) is 0. The Hall–Kier alpha value is -5.32. The van der Waals surface area contributed by atoms with E-state index < -0.39 is 0 Å². The van der Waals surface area contributed by atoms with Crippen LogP contribution in [0, 0.1) is 0 Å². The molecule has 0 spiro atoms. The quantitative estimate of drug-likeness (QED) is 0.218. The van der Waals surface area contributed by atoms with Gasteiger partial charge in [-0.15, -0.1) is 11.3 Å². The molecule has 42 heavy (non-hydrogen) atoms. The lowest BCUT2D eigenvalue weighted by atomic mass is 10.0. The van der Waals surface area contributed by atoms with Gasteiger partial charge in [0, 0.05) is 48.1 Å². The van der Waals surface area contributed by atoms with Crippen molar-refractivity contribution in [3.63, 3.8) is 0 Å². The van der Waals surface area contributed by atoms with Crippen molar-refractivity contribution in [2.45, 2.75) is 0 Å². The van der Waals surface area contributed by atoms with Crippen LogP contribution in [0.3, 0.4) is 0 Å². The lowest BCUT2D eigenvalue weighted by Gasteiger charge is -2.12. The summed E-state index contributed by atoms with van der Waals surface area (Å²) in [5.74, 6) is 1.57. The zero-order chi connectivity index (χ0) is 27.6. The number of hydrogen-bond donors (Lipinski definition) is 0. The summed E-state index contributed by atoms with van der Waals surface area (Å²) in [7, 11) is 0. The Morgan fingerprint density at radius 3 is 2.02 bits per heavy atom. The van der Waals surface area contributed by atoms with E-state index >= 15 is 0 Å². The average molecular weight is 554 g/mol. The summed E-state index contributed by atoms with van der Waals surface area (Å²) < 4.78 is 4.94. The summed E-state index contributed by atoms with van der Waals surface area (Å²) in [5.41, 5.74) is 5.23. The van der Waals surface area contributed by atoms with Gasteiger partial charge < -0.3 is 0 Å². The van der Waals surface area contributed by atoms with Gasteiger partial charge in [-0.3, -0.25) is 4.57 Å². The molecule has 0 saturated carbocycles. The second kappa shape index (κ2) is 9.10. The number of thiophene rings is 1. The molecule has 9 rings (SSSR count). The summed E-state index contributed by atoms with van der Waals surface area (Å²) in [6, 6.07) is 49.4. The predicted octanol–water partition coefficient (Wildman–Crippen LogP) is 10.4. The second-order valence-corrected chi connectivity index (χ2v) is 11.7. The molecule has 0 amide bonds. The zero-order valence-corrected chi connectivity index (χ0v) is 23.3. The first-order valence-corrected chi connectivity index (χ1v) is 14.9. The maximum atomic E-state index is 5.21. The topological polar surface area (TPSA) is 30.7 Å². The van der Waals surface area contributed by atoms with Gasteiger partial charge in [0.1, 0.15) is 5.82 Å². The number of benzene rings is 6. The number of rotatable bonds is 3. The molecule has 6 aromatic carbocycles. The lowest BCUT2D eigenvalue weighted by Crippen LogP contribution is -2.02. The standard InChI is InChI=1S/C38H23N3S/c1-3-11-24(12-4-1)31-23-36(40-38(39-31)25-13-5-2-6-14-25)41-32-17-9-7-15-27(32)30-21-26-19-20-35-37(29(26)22-33(30)41)28-16-8-10-18-34(28)42-35/h1-23H. The minimum absolute atomic E-state index is 0.713. The van der Waals surface area contributed by atoms with Gasteiger partial charge >= 0.3 is 0 Å². The number of fused-ring (bicyclic) bond motifs is 8. The summed E-state index contributed by atoms with van der Waals surface area (Å²) in [6.07, 6.45) is 0. The maximum absolute atomic E-state index is 5.21. The Morgan fingerprint density at radius 1 is 0.476 bits per heavy atom. The minimum atomic E-state index is 0.713. The van der Waals surface area contributed by atoms with Crippen molar-refractivity contribution in [2.75, 3.05) is 0 Å². The fourth-order valence-electron chi connectivity index (χ4n) is 6.28. The molecule has 3 heterocycles. The molecular weight excluding hydrogens is 531 g/mol. The minimum Gasteiger partial charge on any atom is -0.294 e. The Bertz CT molecular complexity index is 2400. The first-order valence-electron chi connectivity index (χ1n) is 14.1. The molecule has 0 aliphatic carbocycles. The third kappa shape index (κ3) is 3.52. The van der Waals surface area contributed by atoms with Gasteiger partial charge in [0.15, 0.2) is 5.82 Å². The van der Waals surface area contributed by atoms with Crippen LogP contribution in [0.5, 0.6) is 0 Å². The summed E-state index contributed by atoms with van der Waals surface area (Å²) in [4.78, 5) is 10.2. The van der Waals surface area contributed by atoms with Crippen molar-refractivity contribution >= 4 is 64.1 Å². The van der Waals surface area contributed by atoms with Gasteiger partial charge in [0.2, 0.25) is 0 Å². The third-order valence-electron chi connectivity index (χ3n) is 8.19. The van der Waals surface area contributed by atoms with E-state index in [-0.39, 0.29) is 0 Å². The van der Waals surface area contributed by atoms with Gasteiger partial charge in [0.05, 0.1) is 16.7 Å². The number of aromatic nitrogens is 3. The molecule has 0 N–H and O–H groups in total. The molecule has 0 bridgehead atoms. The maximum Gasteiger partial charge on any atom is 0.162 e. The Kier molecular flexibility index (Phi) is 5.07. The van der Waals surface area contributed by atoms with Crippen molar-refractivity contribution in [1.82, 2.24) is 14.5 Å². The Morgan fingerprint density at radius 2 is 1.19 bits per heavy atom. The molecule has 9 aromatic rings. The van der Waals surface area contributed by atoms with E-state index in [1.807, 2.05) is 35.6 Å². The van der Waals surface area contributed by atoms with Gasteiger partial charge in [-0.05, 0) is 41.1 Å². The van der Waals surface area contributed by atoms with Crippen LogP contribution >= 0.6 is 11.3 Å². The van der Waals surface area contributed by atoms with Crippen molar-refractivity contribution in [3.05, 3.63) is 140 Å². The van der Waals surface area contributed by atoms with E-state index in [0.29, 0.717) is 5.82 Å². The molecule has 0 aliphatic rings. The highest BCUT2D eigenvalue weighted by Gasteiger charge is 2.18. The van der Waals surface area contributed by atoms with Crippen LogP contribution in [0.15, 0.2) is 140 Å². The fourth-order valence-corrected chi connectivity index (χ4v) is 7.40. The highest BCUT2D eigenvalue weighted by Crippen LogP contribution is 2.42. The molecule has 0 saturated heterocycles. The predicted molar refractivity (Wildman–Crippen MR) is 178 cm³/mol. The molecule has 4 heteroatoms. The average Bonchev–Trinajstić information content (AvgIpc) is 3.60. The van der Waals surface area contributed by atoms with Crippen LogP contribution in [0.1, 0.15) is 0 Å². The lowest BCUT2D eigenvalue weighted by molar-refractivity contribution is 1.05. The molecule has 3 aromatic heterocycles. The van der Waals surface area contributed by atoms with Crippen LogP contribution < -0.4 is 0 Å². The van der Waals surface area contributed by atoms with E-state index in [9.17, 15) is 0 Å². The zero-order valence-electron chi connectivity index (χ0n) is 22.5. The summed E-state index contributed by atoms with van der Waals surface area (Å²) in [5, 5.41) is 7.58. The molecule has 196 valence electrons. The fraction of sp³-hybridized carbons (Fsp3) is 0. The van der Waals surface area contributed by atoms with E-state index in [4.69, 9.17) is 9.97 Å². The molecule has 0 radical (unpaired) electrons. The SMILES string of the molecule is c1ccc(-c2cc(-n3c4ccccc4c4cc5ccc6sc7ccccc7c6c5cc43)nc(-c3ccccc3)n2)cc1. The van der Waals surface area contributed by atoms with Gasteiger partial charge in [-0.1, -0.05) is 103 Å². The van der Waals surface area contributed by atoms with Gasteiger partial charge in [-0.2, -0.15) is 0 Å². The van der Waals surface area contributed by atoms with Crippen LogP contribution in [0.4, 0.5) is 0 Å². The van der Waals surface area contributed by atoms with E-state index in [1.54, 1.807) is 0 Å². The van der Waals surface area contributed by atoms with Crippen molar-refractivity contribution in [1.29, 1.82) is 0 Å². The van der Waals surface area contributed by atoms with E-state index in [2.05, 4.69) is 120 Å². The molecular formula is C38H23N3S. The molecule has 0 unspecified atom stereocenters. The second-order valence-electron chi connectivity index (χ2n) is 10.6. The normalized spacial score (nSPS) is 11.8. The van der Waals surface area contributed by atoms with Crippen molar-refractivity contribution < 1.29 is 0 Å². The van der Waals surface area contributed by atoms with E-state index in [1.165, 1.54) is 41.7 Å². The van der Waals surface area contributed by atoms with Crippen LogP contribution in [-0.2, 0) is 0 Å². The first-order chi connectivity index (χ1) is 20.8. The number of nitrogens with zero attached hydrogens (tertiary/aromatic N) is 3.